The minimum Gasteiger partial charge on any atom is -0.507 e. The highest BCUT2D eigenvalue weighted by atomic mass is 16.3. The number of aromatic hydroxyl groups is 1. The summed E-state index contributed by atoms with van der Waals surface area (Å²) in [7, 11) is 0. The van der Waals surface area contributed by atoms with Gasteiger partial charge >= 0.3 is 6.03 Å². The molecule has 0 unspecified atom stereocenters. The Kier molecular flexibility index (Phi) is 3.45. The van der Waals surface area contributed by atoms with Crippen LogP contribution in [0, 0.1) is 0 Å². The van der Waals surface area contributed by atoms with Crippen molar-refractivity contribution in [2.75, 3.05) is 5.32 Å². The molecule has 1 aromatic carbocycles. The van der Waals surface area contributed by atoms with E-state index in [-0.39, 0.29) is 11.7 Å². The maximum absolute atomic E-state index is 11.3. The monoisotopic (exact) mass is 247 g/mol. The van der Waals surface area contributed by atoms with Crippen LogP contribution in [0.5, 0.6) is 5.75 Å². The van der Waals surface area contributed by atoms with E-state index in [0.717, 1.165) is 0 Å². The maximum atomic E-state index is 11.3. The molecule has 9 nitrogen and oxygen atoms in total. The Morgan fingerprint density at radius 3 is 3.00 bits per heavy atom. The highest BCUT2D eigenvalue weighted by molar-refractivity contribution is 5.89. The van der Waals surface area contributed by atoms with Gasteiger partial charge in [-0.25, -0.2) is 10.2 Å². The molecule has 4 N–H and O–H groups in total. The smallest absolute Gasteiger partial charge is 0.342 e. The van der Waals surface area contributed by atoms with Crippen LogP contribution >= 0.6 is 0 Å². The number of tetrazole rings is 1. The minimum absolute atomic E-state index is 0.0326. The highest BCUT2D eigenvalue weighted by Crippen LogP contribution is 2.12. The number of hydrogen-bond donors (Lipinski definition) is 4. The Labute approximate surface area is 101 Å². The number of benzene rings is 1. The van der Waals surface area contributed by atoms with E-state index in [9.17, 15) is 9.90 Å². The summed E-state index contributed by atoms with van der Waals surface area (Å²) in [6.45, 7) is 0. The van der Waals surface area contributed by atoms with Crippen LogP contribution in [0.3, 0.4) is 0 Å². The molecule has 0 bridgehead atoms. The van der Waals surface area contributed by atoms with E-state index >= 15 is 0 Å². The Morgan fingerprint density at radius 1 is 1.44 bits per heavy atom. The lowest BCUT2D eigenvalue weighted by atomic mass is 10.2. The number of nitrogens with one attached hydrogen (secondary N) is 3. The van der Waals surface area contributed by atoms with Crippen LogP contribution in [0.2, 0.25) is 0 Å². The number of hydrogen-bond acceptors (Lipinski definition) is 6. The fourth-order valence-electron chi connectivity index (χ4n) is 1.10. The van der Waals surface area contributed by atoms with E-state index in [1.54, 1.807) is 18.2 Å². The molecule has 0 saturated heterocycles. The molecule has 1 aromatic heterocycles. The van der Waals surface area contributed by atoms with Crippen molar-refractivity contribution < 1.29 is 9.90 Å². The van der Waals surface area contributed by atoms with Gasteiger partial charge in [0.2, 0.25) is 0 Å². The van der Waals surface area contributed by atoms with Crippen molar-refractivity contribution in [3.63, 3.8) is 0 Å². The Balaban J connectivity index is 1.88. The number of carbonyl (C=O) groups excluding carboxylic acids is 1. The van der Waals surface area contributed by atoms with E-state index < -0.39 is 6.03 Å². The first-order chi connectivity index (χ1) is 8.75. The number of aromatic amines is 1. The normalized spacial score (nSPS) is 10.4. The van der Waals surface area contributed by atoms with Crippen LogP contribution in [0.4, 0.5) is 10.7 Å². The average Bonchev–Trinajstić information content (AvgIpc) is 2.84. The first-order valence-electron chi connectivity index (χ1n) is 4.87. The molecule has 0 aliphatic heterocycles. The second kappa shape index (κ2) is 5.39. The van der Waals surface area contributed by atoms with Crippen molar-refractivity contribution in [2.24, 2.45) is 5.10 Å². The summed E-state index contributed by atoms with van der Waals surface area (Å²) in [5, 5.41) is 27.9. The number of para-hydroxylation sites is 1. The molecular weight excluding hydrogens is 238 g/mol. The summed E-state index contributed by atoms with van der Waals surface area (Å²) >= 11 is 0. The number of phenols is 1. The second-order valence-electron chi connectivity index (χ2n) is 3.12. The Bertz CT molecular complexity index is 552. The molecule has 2 rings (SSSR count). The molecule has 92 valence electrons. The fraction of sp³-hybridized carbons (Fsp3) is 0. The third-order valence-electron chi connectivity index (χ3n) is 1.88. The molecule has 2 amide bonds. The molecule has 0 atom stereocenters. The van der Waals surface area contributed by atoms with Gasteiger partial charge in [0.15, 0.2) is 0 Å². The molecule has 0 fully saturated rings. The first-order valence-corrected chi connectivity index (χ1v) is 4.87. The lowest BCUT2D eigenvalue weighted by molar-refractivity contribution is 0.252. The standard InChI is InChI=1S/C9H9N7O2/c17-7-4-2-1-3-6(7)5-10-14-9(18)11-8-12-15-16-13-8/h1-5,17H,(H3,11,12,13,14,15,16,18)/b10-5+. The number of nitrogens with zero attached hydrogens (tertiary/aromatic N) is 4. The molecule has 0 aliphatic rings. The van der Waals surface area contributed by atoms with Crippen molar-refractivity contribution in [1.82, 2.24) is 26.0 Å². The number of anilines is 1. The van der Waals surface area contributed by atoms with Crippen molar-refractivity contribution in [1.29, 1.82) is 0 Å². The van der Waals surface area contributed by atoms with Gasteiger partial charge in [-0.1, -0.05) is 17.2 Å². The van der Waals surface area contributed by atoms with E-state index in [4.69, 9.17) is 0 Å². The van der Waals surface area contributed by atoms with Crippen LogP contribution in [0.15, 0.2) is 29.4 Å². The molecule has 0 radical (unpaired) electrons. The van der Waals surface area contributed by atoms with Gasteiger partial charge in [0, 0.05) is 5.56 Å². The number of aromatic nitrogens is 4. The van der Waals surface area contributed by atoms with Gasteiger partial charge < -0.3 is 5.11 Å². The number of rotatable bonds is 3. The summed E-state index contributed by atoms with van der Waals surface area (Å²) < 4.78 is 0. The second-order valence-corrected chi connectivity index (χ2v) is 3.12. The largest absolute Gasteiger partial charge is 0.507 e. The zero-order valence-electron chi connectivity index (χ0n) is 9.03. The van der Waals surface area contributed by atoms with Crippen molar-refractivity contribution in [3.05, 3.63) is 29.8 Å². The van der Waals surface area contributed by atoms with Gasteiger partial charge in [-0.3, -0.25) is 5.32 Å². The molecule has 0 spiro atoms. The van der Waals surface area contributed by atoms with E-state index in [1.165, 1.54) is 12.3 Å². The third kappa shape index (κ3) is 3.01. The highest BCUT2D eigenvalue weighted by Gasteiger charge is 2.02. The van der Waals surface area contributed by atoms with Crippen LogP contribution in [0.25, 0.3) is 0 Å². The van der Waals surface area contributed by atoms with Gasteiger partial charge in [-0.15, -0.1) is 5.10 Å². The topological polar surface area (TPSA) is 128 Å². The molecule has 18 heavy (non-hydrogen) atoms. The molecule has 0 aliphatic carbocycles. The molecular formula is C9H9N7O2. The first kappa shape index (κ1) is 11.5. The molecule has 2 aromatic rings. The minimum atomic E-state index is -0.622. The van der Waals surface area contributed by atoms with Crippen LogP contribution in [-0.2, 0) is 0 Å². The van der Waals surface area contributed by atoms with Crippen molar-refractivity contribution in [2.45, 2.75) is 0 Å². The van der Waals surface area contributed by atoms with E-state index in [0.29, 0.717) is 5.56 Å². The molecule has 9 heteroatoms. The molecule has 1 heterocycles. The predicted molar refractivity (Wildman–Crippen MR) is 62.0 cm³/mol. The summed E-state index contributed by atoms with van der Waals surface area (Å²) in [6, 6.07) is 5.96. The summed E-state index contributed by atoms with van der Waals surface area (Å²) in [5.74, 6) is 0.104. The predicted octanol–water partition coefficient (Wildman–Crippen LogP) is 0.0609. The summed E-state index contributed by atoms with van der Waals surface area (Å²) in [5.41, 5.74) is 2.67. The number of amides is 2. The zero-order chi connectivity index (χ0) is 12.8. The SMILES string of the molecule is O=C(N/N=C/c1ccccc1O)Nc1nn[nH]n1. The van der Waals surface area contributed by atoms with E-state index in [1.807, 2.05) is 0 Å². The number of hydrazone groups is 1. The van der Waals surface area contributed by atoms with Crippen molar-refractivity contribution in [3.8, 4) is 5.75 Å². The average molecular weight is 247 g/mol. The van der Waals surface area contributed by atoms with Crippen LogP contribution in [0.1, 0.15) is 5.56 Å². The lowest BCUT2D eigenvalue weighted by Crippen LogP contribution is -2.24. The number of phenolic OH excluding ortho intramolecular Hbond substituents is 1. The quantitative estimate of drug-likeness (QED) is 0.450. The number of carbonyl (C=O) groups is 1. The van der Waals surface area contributed by atoms with Gasteiger partial charge in [-0.2, -0.15) is 10.3 Å². The van der Waals surface area contributed by atoms with Gasteiger partial charge in [0.25, 0.3) is 5.95 Å². The summed E-state index contributed by atoms with van der Waals surface area (Å²) in [4.78, 5) is 11.3. The maximum Gasteiger partial charge on any atom is 0.342 e. The number of H-pyrrole nitrogens is 1. The molecule has 0 saturated carbocycles. The van der Waals surface area contributed by atoms with Crippen LogP contribution in [-0.4, -0.2) is 38.0 Å². The number of urea groups is 1. The zero-order valence-corrected chi connectivity index (χ0v) is 9.03. The lowest BCUT2D eigenvalue weighted by Gasteiger charge is -1.99. The Hall–Kier alpha value is -2.97. The third-order valence-corrected chi connectivity index (χ3v) is 1.88. The van der Waals surface area contributed by atoms with Gasteiger partial charge in [0.05, 0.1) is 6.21 Å². The van der Waals surface area contributed by atoms with Crippen molar-refractivity contribution >= 4 is 18.2 Å². The fourth-order valence-corrected chi connectivity index (χ4v) is 1.10. The van der Waals surface area contributed by atoms with E-state index in [2.05, 4.69) is 36.5 Å². The summed E-state index contributed by atoms with van der Waals surface area (Å²) in [6.07, 6.45) is 1.31. The van der Waals surface area contributed by atoms with Gasteiger partial charge in [-0.05, 0) is 17.3 Å². The van der Waals surface area contributed by atoms with Gasteiger partial charge in [0.1, 0.15) is 5.75 Å². The van der Waals surface area contributed by atoms with Crippen LogP contribution < -0.4 is 10.7 Å². The Morgan fingerprint density at radius 2 is 2.28 bits per heavy atom.